The first-order valence-electron chi connectivity index (χ1n) is 4.69. The van der Waals surface area contributed by atoms with Gasteiger partial charge in [0.05, 0.1) is 5.54 Å². The minimum absolute atomic E-state index is 0.640. The molecule has 1 N–H and O–H groups in total. The lowest BCUT2D eigenvalue weighted by atomic mass is 10.0. The molecule has 0 aromatic heterocycles. The summed E-state index contributed by atoms with van der Waals surface area (Å²) in [6.45, 7) is 6.87. The number of Topliss-reactive ketones (excluding diaryl/α,β-unsaturated/α-hetero) is 1. The van der Waals surface area contributed by atoms with Gasteiger partial charge in [-0.15, -0.1) is 0 Å². The number of hydrogen-bond donors (Lipinski definition) is 1. The topological polar surface area (TPSA) is 55.4 Å². The molecule has 0 unspecified atom stereocenters. The van der Waals surface area contributed by atoms with E-state index in [1.807, 2.05) is 0 Å². The van der Waals surface area contributed by atoms with Gasteiger partial charge in [0.25, 0.3) is 0 Å². The van der Waals surface area contributed by atoms with Gasteiger partial charge in [-0.25, -0.2) is 9.18 Å². The SMILES string of the molecule is CC(C)(C)OC(=O)NC(C)(C)C(=O)CF. The van der Waals surface area contributed by atoms with Crippen LogP contribution in [0.15, 0.2) is 0 Å². The summed E-state index contributed by atoms with van der Waals surface area (Å²) in [5, 5.41) is 2.31. The summed E-state index contributed by atoms with van der Waals surface area (Å²) in [5.41, 5.74) is -1.88. The van der Waals surface area contributed by atoms with Crippen LogP contribution in [-0.2, 0) is 9.53 Å². The number of nitrogens with one attached hydrogen (secondary N) is 1. The molecule has 0 aliphatic carbocycles. The highest BCUT2D eigenvalue weighted by Gasteiger charge is 2.30. The first kappa shape index (κ1) is 13.9. The number of ether oxygens (including phenoxy) is 1. The van der Waals surface area contributed by atoms with Crippen LogP contribution in [0.5, 0.6) is 0 Å². The van der Waals surface area contributed by atoms with Gasteiger partial charge < -0.3 is 10.1 Å². The molecule has 0 bridgehead atoms. The smallest absolute Gasteiger partial charge is 0.408 e. The summed E-state index contributed by atoms with van der Waals surface area (Å²) in [6, 6.07) is 0. The molecule has 4 nitrogen and oxygen atoms in total. The van der Waals surface area contributed by atoms with Gasteiger partial charge in [0.1, 0.15) is 5.60 Å². The summed E-state index contributed by atoms with van der Waals surface area (Å²) in [4.78, 5) is 22.4. The van der Waals surface area contributed by atoms with E-state index < -0.39 is 29.7 Å². The Morgan fingerprint density at radius 1 is 1.20 bits per heavy atom. The molecule has 5 heteroatoms. The maximum atomic E-state index is 12.1. The van der Waals surface area contributed by atoms with Crippen LogP contribution in [0.1, 0.15) is 34.6 Å². The summed E-state index contributed by atoms with van der Waals surface area (Å²) in [7, 11) is 0. The van der Waals surface area contributed by atoms with E-state index >= 15 is 0 Å². The number of carbonyl (C=O) groups excluding carboxylic acids is 2. The molecular weight excluding hydrogens is 201 g/mol. The predicted octanol–water partition coefficient (Wildman–Crippen LogP) is 1.83. The number of ketones is 1. The number of carbonyl (C=O) groups is 2. The molecular formula is C10H18FNO3. The van der Waals surface area contributed by atoms with E-state index in [1.54, 1.807) is 20.8 Å². The lowest BCUT2D eigenvalue weighted by Crippen LogP contribution is -2.51. The molecule has 0 radical (unpaired) electrons. The van der Waals surface area contributed by atoms with Gasteiger partial charge in [0.15, 0.2) is 12.5 Å². The highest BCUT2D eigenvalue weighted by atomic mass is 19.1. The fourth-order valence-corrected chi connectivity index (χ4v) is 0.796. The lowest BCUT2D eigenvalue weighted by Gasteiger charge is -2.26. The van der Waals surface area contributed by atoms with Gasteiger partial charge in [-0.1, -0.05) is 0 Å². The zero-order chi connectivity index (χ0) is 12.3. The Morgan fingerprint density at radius 3 is 2.00 bits per heavy atom. The highest BCUT2D eigenvalue weighted by Crippen LogP contribution is 2.10. The van der Waals surface area contributed by atoms with Crippen molar-refractivity contribution in [2.45, 2.75) is 45.8 Å². The van der Waals surface area contributed by atoms with Crippen molar-refractivity contribution in [2.24, 2.45) is 0 Å². The Labute approximate surface area is 89.2 Å². The van der Waals surface area contributed by atoms with Crippen molar-refractivity contribution >= 4 is 11.9 Å². The van der Waals surface area contributed by atoms with Gasteiger partial charge in [-0.3, -0.25) is 4.79 Å². The second kappa shape index (κ2) is 4.59. The quantitative estimate of drug-likeness (QED) is 0.787. The minimum Gasteiger partial charge on any atom is -0.444 e. The Morgan fingerprint density at radius 2 is 1.67 bits per heavy atom. The van der Waals surface area contributed by atoms with Gasteiger partial charge in [-0.05, 0) is 34.6 Å². The van der Waals surface area contributed by atoms with Crippen molar-refractivity contribution in [1.29, 1.82) is 0 Å². The van der Waals surface area contributed by atoms with E-state index in [4.69, 9.17) is 4.74 Å². The molecule has 88 valence electrons. The molecule has 0 aromatic carbocycles. The van der Waals surface area contributed by atoms with Crippen molar-refractivity contribution in [3.05, 3.63) is 0 Å². The fourth-order valence-electron chi connectivity index (χ4n) is 0.796. The second-order valence-electron chi connectivity index (χ2n) is 4.81. The molecule has 0 aliphatic heterocycles. The summed E-state index contributed by atoms with van der Waals surface area (Å²) < 4.78 is 17.1. The molecule has 1 amide bonds. The van der Waals surface area contributed by atoms with Crippen LogP contribution in [-0.4, -0.2) is 29.7 Å². The Balaban J connectivity index is 4.35. The molecule has 0 saturated heterocycles. The average Bonchev–Trinajstić information content (AvgIpc) is 1.97. The van der Waals surface area contributed by atoms with Crippen LogP contribution in [0, 0.1) is 0 Å². The number of alkyl halides is 1. The third-order valence-corrected chi connectivity index (χ3v) is 1.63. The Hall–Kier alpha value is -1.13. The number of alkyl carbamates (subject to hydrolysis) is 1. The molecule has 0 saturated carbocycles. The van der Waals surface area contributed by atoms with Crippen LogP contribution in [0.4, 0.5) is 9.18 Å². The summed E-state index contributed by atoms with van der Waals surface area (Å²) in [5.74, 6) is -0.687. The van der Waals surface area contributed by atoms with Gasteiger partial charge in [0.2, 0.25) is 0 Å². The maximum Gasteiger partial charge on any atom is 0.408 e. The van der Waals surface area contributed by atoms with Crippen LogP contribution in [0.3, 0.4) is 0 Å². The van der Waals surface area contributed by atoms with Gasteiger partial charge in [-0.2, -0.15) is 0 Å². The van der Waals surface area contributed by atoms with Gasteiger partial charge >= 0.3 is 6.09 Å². The molecule has 0 fully saturated rings. The second-order valence-corrected chi connectivity index (χ2v) is 4.81. The van der Waals surface area contributed by atoms with E-state index in [2.05, 4.69) is 5.32 Å². The van der Waals surface area contributed by atoms with Gasteiger partial charge in [0, 0.05) is 0 Å². The molecule has 0 heterocycles. The molecule has 0 spiro atoms. The molecule has 0 atom stereocenters. The third kappa shape index (κ3) is 5.34. The Kier molecular flexibility index (Phi) is 4.25. The Bertz CT molecular complexity index is 256. The van der Waals surface area contributed by atoms with Crippen molar-refractivity contribution in [3.63, 3.8) is 0 Å². The monoisotopic (exact) mass is 219 g/mol. The average molecular weight is 219 g/mol. The zero-order valence-corrected chi connectivity index (χ0v) is 9.81. The van der Waals surface area contributed by atoms with E-state index in [9.17, 15) is 14.0 Å². The summed E-state index contributed by atoms with van der Waals surface area (Å²) >= 11 is 0. The number of amides is 1. The predicted molar refractivity (Wildman–Crippen MR) is 54.4 cm³/mol. The first-order chi connectivity index (χ1) is 6.58. The first-order valence-corrected chi connectivity index (χ1v) is 4.69. The standard InChI is InChI=1S/C10H18FNO3/c1-9(2,3)15-8(14)12-10(4,5)7(13)6-11/h6H2,1-5H3,(H,12,14). The van der Waals surface area contributed by atoms with E-state index in [0.717, 1.165) is 0 Å². The van der Waals surface area contributed by atoms with Crippen LogP contribution in [0.2, 0.25) is 0 Å². The number of halogens is 1. The fraction of sp³-hybridized carbons (Fsp3) is 0.800. The third-order valence-electron chi connectivity index (χ3n) is 1.63. The normalized spacial score (nSPS) is 12.1. The molecule has 15 heavy (non-hydrogen) atoms. The van der Waals surface area contributed by atoms with Crippen LogP contribution in [0.25, 0.3) is 0 Å². The summed E-state index contributed by atoms with van der Waals surface area (Å²) in [6.07, 6.45) is -0.727. The molecule has 0 aromatic rings. The minimum atomic E-state index is -1.24. The number of rotatable bonds is 3. The maximum absolute atomic E-state index is 12.1. The number of hydrogen-bond acceptors (Lipinski definition) is 3. The van der Waals surface area contributed by atoms with Crippen molar-refractivity contribution in [3.8, 4) is 0 Å². The largest absolute Gasteiger partial charge is 0.444 e. The molecule has 0 aliphatic rings. The van der Waals surface area contributed by atoms with Crippen LogP contribution >= 0.6 is 0 Å². The van der Waals surface area contributed by atoms with E-state index in [0.29, 0.717) is 0 Å². The lowest BCUT2D eigenvalue weighted by molar-refractivity contribution is -0.125. The van der Waals surface area contributed by atoms with E-state index in [1.165, 1.54) is 13.8 Å². The van der Waals surface area contributed by atoms with Crippen molar-refractivity contribution in [1.82, 2.24) is 5.32 Å². The highest BCUT2D eigenvalue weighted by molar-refractivity contribution is 5.91. The zero-order valence-electron chi connectivity index (χ0n) is 9.81. The molecule has 0 rings (SSSR count). The van der Waals surface area contributed by atoms with Crippen molar-refractivity contribution < 1.29 is 18.7 Å². The van der Waals surface area contributed by atoms with Crippen molar-refractivity contribution in [2.75, 3.05) is 6.67 Å². The van der Waals surface area contributed by atoms with E-state index in [-0.39, 0.29) is 0 Å². The van der Waals surface area contributed by atoms with Crippen LogP contribution < -0.4 is 5.32 Å².